The summed E-state index contributed by atoms with van der Waals surface area (Å²) in [6, 6.07) is 139. The van der Waals surface area contributed by atoms with Gasteiger partial charge in [0.2, 0.25) is 0 Å². The minimum atomic E-state index is -0.394. The van der Waals surface area contributed by atoms with Crippen molar-refractivity contribution in [2.45, 2.75) is 78.6 Å². The van der Waals surface area contributed by atoms with E-state index in [1.165, 1.54) is 76.9 Å². The fraction of sp³-hybridized carbons (Fsp3) is 0.105. The highest BCUT2D eigenvalue weighted by Gasteiger charge is 2.47. The highest BCUT2D eigenvalue weighted by molar-refractivity contribution is 7.00. The molecule has 0 unspecified atom stereocenters. The molecule has 0 N–H and O–H groups in total. The molecule has 0 spiro atoms. The zero-order valence-corrected chi connectivity index (χ0v) is 68.9. The van der Waals surface area contributed by atoms with Crippen LogP contribution in [0, 0.1) is 0 Å². The van der Waals surface area contributed by atoms with E-state index in [-0.39, 0.29) is 17.5 Å². The summed E-state index contributed by atoms with van der Waals surface area (Å²) >= 11 is 0. The Kier molecular flexibility index (Phi) is 15.8. The lowest BCUT2D eigenvalue weighted by atomic mass is 9.33. The molecule has 6 heterocycles. The Balaban J connectivity index is 0.920. The summed E-state index contributed by atoms with van der Waals surface area (Å²) < 4.78 is 12.0. The molecule has 13 bridgehead atoms. The first kappa shape index (κ1) is 71.1. The van der Waals surface area contributed by atoms with Gasteiger partial charge in [-0.05, 0) is 237 Å². The van der Waals surface area contributed by atoms with Crippen LogP contribution < -0.4 is 26.2 Å². The highest BCUT2D eigenvalue weighted by atomic mass is 16.3. The fourth-order valence-electron chi connectivity index (χ4n) is 19.9. The van der Waals surface area contributed by atoms with Gasteiger partial charge in [0.15, 0.2) is 0 Å². The third-order valence-electron chi connectivity index (χ3n) is 26.0. The molecule has 3 aliphatic heterocycles. The number of aromatic nitrogens is 2. The van der Waals surface area contributed by atoms with E-state index in [0.29, 0.717) is 0 Å². The fourth-order valence-corrected chi connectivity index (χ4v) is 19.9. The maximum Gasteiger partial charge on any atom is 0.252 e. The van der Waals surface area contributed by atoms with Gasteiger partial charge in [0, 0.05) is 88.7 Å². The van der Waals surface area contributed by atoms with E-state index < -0.39 is 5.41 Å². The largest absolute Gasteiger partial charge is 0.456 e. The molecular formula is C114H87BN4O. The van der Waals surface area contributed by atoms with E-state index in [1.54, 1.807) is 0 Å². The second-order valence-electron chi connectivity index (χ2n) is 36.4. The van der Waals surface area contributed by atoms with Crippen LogP contribution in [-0.4, -0.2) is 15.8 Å². The summed E-state index contributed by atoms with van der Waals surface area (Å²) in [4.78, 5) is 5.52. The smallest absolute Gasteiger partial charge is 0.252 e. The number of benzene rings is 17. The minimum Gasteiger partial charge on any atom is -0.456 e. The Morgan fingerprint density at radius 2 is 0.550 bits per heavy atom. The summed E-state index contributed by atoms with van der Waals surface area (Å²) in [5.74, 6) is 0. The van der Waals surface area contributed by atoms with Crippen molar-refractivity contribution in [2.75, 3.05) is 9.80 Å². The van der Waals surface area contributed by atoms with Gasteiger partial charge in [0.1, 0.15) is 11.2 Å². The van der Waals surface area contributed by atoms with Gasteiger partial charge in [-0.15, -0.1) is 0 Å². The van der Waals surface area contributed by atoms with Crippen LogP contribution in [0.3, 0.4) is 0 Å². The number of rotatable bonds is 6. The number of fused-ring (bicyclic) bond motifs is 26. The second-order valence-corrected chi connectivity index (χ2v) is 36.4. The Hall–Kier alpha value is -14.2. The molecule has 0 radical (unpaired) electrons. The first-order valence-electron chi connectivity index (χ1n) is 42.3. The molecule has 0 saturated carbocycles. The van der Waals surface area contributed by atoms with E-state index >= 15 is 0 Å². The van der Waals surface area contributed by atoms with Gasteiger partial charge in [-0.3, -0.25) is 0 Å². The molecule has 120 heavy (non-hydrogen) atoms. The Morgan fingerprint density at radius 1 is 0.225 bits per heavy atom. The van der Waals surface area contributed by atoms with Gasteiger partial charge in [-0.1, -0.05) is 305 Å². The van der Waals surface area contributed by atoms with Gasteiger partial charge >= 0.3 is 0 Å². The number of furan rings is 1. The average molecular weight is 1540 g/mol. The molecule has 3 aliphatic rings. The number of hydrogen-bond acceptors (Lipinski definition) is 3. The van der Waals surface area contributed by atoms with Crippen LogP contribution in [0.5, 0.6) is 0 Å². The van der Waals surface area contributed by atoms with Gasteiger partial charge in [0.05, 0.1) is 33.4 Å². The zero-order chi connectivity index (χ0) is 80.8. The molecule has 3 aromatic heterocycles. The van der Waals surface area contributed by atoms with Crippen LogP contribution in [0.25, 0.3) is 166 Å². The van der Waals surface area contributed by atoms with Crippen molar-refractivity contribution < 1.29 is 4.42 Å². The van der Waals surface area contributed by atoms with Crippen molar-refractivity contribution in [3.63, 3.8) is 0 Å². The predicted molar refractivity (Wildman–Crippen MR) is 510 cm³/mol. The van der Waals surface area contributed by atoms with Crippen molar-refractivity contribution >= 4 is 123 Å². The van der Waals surface area contributed by atoms with Gasteiger partial charge in [-0.2, -0.15) is 0 Å². The first-order chi connectivity index (χ1) is 58.4. The molecule has 23 rings (SSSR count). The minimum absolute atomic E-state index is 0.273. The number of para-hydroxylation sites is 2. The van der Waals surface area contributed by atoms with E-state index in [2.05, 4.69) is 445 Å². The second kappa shape index (κ2) is 26.7. The molecule has 17 aromatic carbocycles. The third-order valence-corrected chi connectivity index (χ3v) is 26.0. The van der Waals surface area contributed by atoms with E-state index in [4.69, 9.17) is 4.42 Å². The predicted octanol–water partition coefficient (Wildman–Crippen LogP) is 29.4. The van der Waals surface area contributed by atoms with Crippen molar-refractivity contribution in [3.05, 3.63) is 381 Å². The molecule has 5 nitrogen and oxygen atoms in total. The van der Waals surface area contributed by atoms with Crippen LogP contribution in [0.4, 0.5) is 34.1 Å². The normalized spacial score (nSPS) is 13.0. The van der Waals surface area contributed by atoms with Gasteiger partial charge in [-0.25, -0.2) is 0 Å². The number of hydrogen-bond donors (Lipinski definition) is 0. The summed E-state index contributed by atoms with van der Waals surface area (Å²) in [5.41, 5.74) is 39.7. The Morgan fingerprint density at radius 3 is 0.958 bits per heavy atom. The highest BCUT2D eigenvalue weighted by Crippen LogP contribution is 2.57. The molecule has 0 amide bonds. The van der Waals surface area contributed by atoms with Crippen LogP contribution >= 0.6 is 0 Å². The molecule has 0 fully saturated rings. The quantitative estimate of drug-likeness (QED) is 0.155. The number of nitrogens with zero attached hydrogens (tertiary/aromatic N) is 4. The summed E-state index contributed by atoms with van der Waals surface area (Å²) in [6.45, 7) is 21.2. The summed E-state index contributed by atoms with van der Waals surface area (Å²) in [5, 5.41) is 6.97. The maximum atomic E-state index is 6.86. The molecule has 20 aromatic rings. The van der Waals surface area contributed by atoms with Crippen molar-refractivity contribution in [3.8, 4) is 100 Å². The Labute approximate surface area is 701 Å². The molecule has 0 aliphatic carbocycles. The maximum absolute atomic E-state index is 6.86. The molecular weight excluding hydrogens is 1450 g/mol. The molecule has 0 saturated heterocycles. The van der Waals surface area contributed by atoms with E-state index in [9.17, 15) is 0 Å². The molecule has 0 atom stereocenters. The lowest BCUT2D eigenvalue weighted by Gasteiger charge is -2.47. The van der Waals surface area contributed by atoms with Crippen LogP contribution in [0.2, 0.25) is 0 Å². The van der Waals surface area contributed by atoms with Crippen molar-refractivity contribution in [2.24, 2.45) is 0 Å². The lowest BCUT2D eigenvalue weighted by molar-refractivity contribution is 0.590. The first-order valence-corrected chi connectivity index (χ1v) is 42.3. The van der Waals surface area contributed by atoms with Crippen molar-refractivity contribution in [1.29, 1.82) is 0 Å². The zero-order valence-electron chi connectivity index (χ0n) is 68.9. The monoisotopic (exact) mass is 1540 g/mol. The van der Waals surface area contributed by atoms with Crippen LogP contribution in [-0.2, 0) is 16.2 Å². The van der Waals surface area contributed by atoms with E-state index in [1.807, 2.05) is 0 Å². The SMILES string of the molecule is CC(C)(C)c1cc(-c2ccccc2)c2c(c1)-c1cccc(c1)-c1ccc3oc4ccc(cc4c3c1)-c1cccc(c1)-c1cc(C(C)(C)C)cc(-c3ccccc3)c1N1c3cc(-n4c5ccccc5c5ccc(-c6ccccc6)cc54)ccc3B3c4ccc(-n5c6ccccc6c6ccc(-c7ccccc7)cc65)cc4N2c2cc(C(C)(C)C)cc1c23. The average Bonchev–Trinajstić information content (AvgIpc) is 0.788. The van der Waals surface area contributed by atoms with Crippen LogP contribution in [0.15, 0.2) is 368 Å². The topological polar surface area (TPSA) is 29.5 Å². The van der Waals surface area contributed by atoms with Gasteiger partial charge in [0.25, 0.3) is 6.71 Å². The third kappa shape index (κ3) is 11.3. The van der Waals surface area contributed by atoms with Crippen LogP contribution in [0.1, 0.15) is 79.0 Å². The Bertz CT molecular complexity index is 7210. The van der Waals surface area contributed by atoms with E-state index in [0.717, 1.165) is 156 Å². The van der Waals surface area contributed by atoms with Gasteiger partial charge < -0.3 is 23.4 Å². The summed E-state index contributed by atoms with van der Waals surface area (Å²) in [6.07, 6.45) is 0. The molecule has 572 valence electrons. The lowest BCUT2D eigenvalue weighted by Crippen LogP contribution is -2.61. The standard InChI is InChI=1S/C114H87BN4O/c1-112(2,3)82-62-91(72-32-18-12-19-33-72)110-93(64-82)80-38-26-36-74(56-80)76-46-54-107-95(58-76)96-59-77(47-55-108(96)120-107)75-37-27-39-81(57-75)94-65-83(113(4,5)6)63-92(73-34-20-13-21-35-73)111(94)119-104-69-86(117-100-43-25-23-41-88(100)90-51-45-79(61-102(90)117)71-30-16-11-17-31-71)49-53-98(104)115-97-52-48-85(68-103(97)118(110)105-66-84(114(7,8)9)67-106(119)109(105)115)116-99-42-24-22-40-87(99)89-50-44-78(60-101(89)116)70-28-14-10-15-29-70/h10-69H,1-9H3. The number of anilines is 6. The van der Waals surface area contributed by atoms with Crippen molar-refractivity contribution in [1.82, 2.24) is 9.13 Å². The molecule has 6 heteroatoms. The summed E-state index contributed by atoms with van der Waals surface area (Å²) in [7, 11) is 0.